The average molecular weight is 651 g/mol. The zero-order chi connectivity index (χ0) is 17.1. The molecule has 0 radical (unpaired) electrons. The van der Waals surface area contributed by atoms with Crippen LogP contribution in [0.15, 0.2) is 36.4 Å². The second kappa shape index (κ2) is 8.16. The molecule has 0 bridgehead atoms. The molecule has 2 atom stereocenters. The van der Waals surface area contributed by atoms with Gasteiger partial charge in [-0.05, 0) is 81.1 Å². The van der Waals surface area contributed by atoms with Gasteiger partial charge in [-0.15, -0.1) is 0 Å². The SMILES string of the molecule is N[C@H](C(=O)O)C(I)c1ccc(Oc2ccc(O)c(I)c2)c(I)c1. The third kappa shape index (κ3) is 4.82. The van der Waals surface area contributed by atoms with E-state index in [1.807, 2.05) is 57.3 Å². The van der Waals surface area contributed by atoms with Gasteiger partial charge in [-0.1, -0.05) is 28.7 Å². The Labute approximate surface area is 174 Å². The highest BCUT2D eigenvalue weighted by Gasteiger charge is 2.23. The Morgan fingerprint density at radius 3 is 2.39 bits per heavy atom. The first kappa shape index (κ1) is 19.0. The van der Waals surface area contributed by atoms with Gasteiger partial charge in [0.2, 0.25) is 0 Å². The predicted molar refractivity (Wildman–Crippen MR) is 112 cm³/mol. The van der Waals surface area contributed by atoms with E-state index < -0.39 is 12.0 Å². The molecule has 0 amide bonds. The van der Waals surface area contributed by atoms with Crippen molar-refractivity contribution in [1.29, 1.82) is 0 Å². The lowest BCUT2D eigenvalue weighted by Gasteiger charge is -2.16. The molecule has 23 heavy (non-hydrogen) atoms. The molecule has 8 heteroatoms. The summed E-state index contributed by atoms with van der Waals surface area (Å²) >= 11 is 6.19. The van der Waals surface area contributed by atoms with Crippen LogP contribution in [0.2, 0.25) is 0 Å². The maximum absolute atomic E-state index is 11.0. The number of rotatable bonds is 5. The van der Waals surface area contributed by atoms with Crippen molar-refractivity contribution < 1.29 is 19.7 Å². The number of carboxylic acids is 1. The Morgan fingerprint density at radius 1 is 1.13 bits per heavy atom. The van der Waals surface area contributed by atoms with Crippen molar-refractivity contribution in [3.05, 3.63) is 49.1 Å². The molecule has 0 saturated carbocycles. The molecule has 0 spiro atoms. The van der Waals surface area contributed by atoms with E-state index in [0.717, 1.165) is 9.13 Å². The molecule has 0 aliphatic heterocycles. The lowest BCUT2D eigenvalue weighted by Crippen LogP contribution is -2.33. The minimum atomic E-state index is -1.03. The highest BCUT2D eigenvalue weighted by molar-refractivity contribution is 14.1. The van der Waals surface area contributed by atoms with E-state index in [9.17, 15) is 9.90 Å². The summed E-state index contributed by atoms with van der Waals surface area (Å²) in [6.07, 6.45) is 0. The molecule has 0 aromatic heterocycles. The van der Waals surface area contributed by atoms with Crippen LogP contribution in [0.25, 0.3) is 0 Å². The third-order valence-corrected chi connectivity index (χ3v) is 6.22. The molecule has 2 rings (SSSR count). The number of alkyl halides is 1. The summed E-state index contributed by atoms with van der Waals surface area (Å²) < 4.78 is 7.03. The normalized spacial score (nSPS) is 13.4. The standard InChI is InChI=1S/C15H12I3NO4/c16-9-6-8(2-3-11(9)20)23-12-4-1-7(5-10(12)17)13(18)14(19)15(21)22/h1-6,13-14,20H,19H2,(H,21,22)/t13?,14-/m0/s1. The van der Waals surface area contributed by atoms with Crippen LogP contribution >= 0.6 is 67.8 Å². The molecule has 0 aliphatic rings. The summed E-state index contributed by atoms with van der Waals surface area (Å²) in [6, 6.07) is 9.49. The first-order valence-corrected chi connectivity index (χ1v) is 9.78. The van der Waals surface area contributed by atoms with Gasteiger partial charge >= 0.3 is 5.97 Å². The zero-order valence-corrected chi connectivity index (χ0v) is 18.0. The summed E-state index contributed by atoms with van der Waals surface area (Å²) in [4.78, 5) is 11.0. The maximum atomic E-state index is 11.0. The van der Waals surface area contributed by atoms with E-state index in [-0.39, 0.29) is 9.67 Å². The number of carbonyl (C=O) groups is 1. The summed E-state index contributed by atoms with van der Waals surface area (Å²) in [7, 11) is 0. The Hall–Kier alpha value is -0.340. The summed E-state index contributed by atoms with van der Waals surface area (Å²) in [5.41, 5.74) is 6.50. The highest BCUT2D eigenvalue weighted by Crippen LogP contribution is 2.34. The predicted octanol–water partition coefficient (Wildman–Crippen LogP) is 4.28. The van der Waals surface area contributed by atoms with Crippen LogP contribution in [0, 0.1) is 7.14 Å². The van der Waals surface area contributed by atoms with Gasteiger partial charge in [-0.25, -0.2) is 0 Å². The van der Waals surface area contributed by atoms with Crippen molar-refractivity contribution in [2.45, 2.75) is 9.97 Å². The van der Waals surface area contributed by atoms with Crippen LogP contribution in [0.5, 0.6) is 17.2 Å². The van der Waals surface area contributed by atoms with Crippen molar-refractivity contribution in [2.75, 3.05) is 0 Å². The number of nitrogens with two attached hydrogens (primary N) is 1. The van der Waals surface area contributed by atoms with Gasteiger partial charge in [0, 0.05) is 0 Å². The number of hydrogen-bond donors (Lipinski definition) is 3. The van der Waals surface area contributed by atoms with Crippen LogP contribution < -0.4 is 10.5 Å². The zero-order valence-electron chi connectivity index (χ0n) is 11.5. The molecule has 0 aliphatic carbocycles. The molecule has 5 nitrogen and oxygen atoms in total. The van der Waals surface area contributed by atoms with E-state index in [1.54, 1.807) is 24.3 Å². The summed E-state index contributed by atoms with van der Waals surface area (Å²) in [5.74, 6) is 0.450. The number of phenols is 1. The van der Waals surface area contributed by atoms with Gasteiger partial charge in [0.15, 0.2) is 0 Å². The molecule has 0 heterocycles. The van der Waals surface area contributed by atoms with E-state index in [0.29, 0.717) is 15.1 Å². The molecule has 2 aromatic carbocycles. The lowest BCUT2D eigenvalue weighted by atomic mass is 10.1. The van der Waals surface area contributed by atoms with Gasteiger partial charge in [-0.2, -0.15) is 0 Å². The van der Waals surface area contributed by atoms with E-state index in [2.05, 4.69) is 22.6 Å². The van der Waals surface area contributed by atoms with Gasteiger partial charge in [0.05, 0.1) is 11.1 Å². The molecule has 1 unspecified atom stereocenters. The third-order valence-electron chi connectivity index (χ3n) is 3.02. The number of halogens is 3. The maximum Gasteiger partial charge on any atom is 0.321 e. The van der Waals surface area contributed by atoms with Gasteiger partial charge in [-0.3, -0.25) is 4.79 Å². The number of phenolic OH excluding ortho intramolecular Hbond substituents is 1. The second-order valence-corrected chi connectivity index (χ2v) is 8.34. The molecule has 0 fully saturated rings. The molecular weight excluding hydrogens is 639 g/mol. The van der Waals surface area contributed by atoms with Crippen LogP contribution in [-0.4, -0.2) is 22.2 Å². The van der Waals surface area contributed by atoms with Crippen molar-refractivity contribution in [3.8, 4) is 17.2 Å². The molecule has 0 saturated heterocycles. The molecular formula is C15H12I3NO4. The Kier molecular flexibility index (Phi) is 6.74. The Bertz CT molecular complexity index is 739. The number of hydrogen-bond acceptors (Lipinski definition) is 4. The monoisotopic (exact) mass is 651 g/mol. The van der Waals surface area contributed by atoms with Gasteiger partial charge in [0.25, 0.3) is 0 Å². The highest BCUT2D eigenvalue weighted by atomic mass is 127. The van der Waals surface area contributed by atoms with Crippen molar-refractivity contribution in [3.63, 3.8) is 0 Å². The number of benzene rings is 2. The number of ether oxygens (including phenoxy) is 1. The number of aliphatic carboxylic acids is 1. The fraction of sp³-hybridized carbons (Fsp3) is 0.133. The topological polar surface area (TPSA) is 92.8 Å². The summed E-state index contributed by atoms with van der Waals surface area (Å²) in [6.45, 7) is 0. The first-order chi connectivity index (χ1) is 10.8. The van der Waals surface area contributed by atoms with E-state index in [4.69, 9.17) is 15.6 Å². The lowest BCUT2D eigenvalue weighted by molar-refractivity contribution is -0.138. The Balaban J connectivity index is 2.22. The molecule has 4 N–H and O–H groups in total. The van der Waals surface area contributed by atoms with Crippen LogP contribution in [0.3, 0.4) is 0 Å². The molecule has 2 aromatic rings. The number of aromatic hydroxyl groups is 1. The van der Waals surface area contributed by atoms with Gasteiger partial charge in [0.1, 0.15) is 23.3 Å². The van der Waals surface area contributed by atoms with Crippen molar-refractivity contribution in [2.24, 2.45) is 5.73 Å². The number of carboxylic acid groups (broad SMARTS) is 1. The average Bonchev–Trinajstić information content (AvgIpc) is 2.51. The van der Waals surface area contributed by atoms with Crippen molar-refractivity contribution in [1.82, 2.24) is 0 Å². The first-order valence-electron chi connectivity index (χ1n) is 6.38. The fourth-order valence-electron chi connectivity index (χ4n) is 1.78. The van der Waals surface area contributed by atoms with Crippen LogP contribution in [0.4, 0.5) is 0 Å². The largest absolute Gasteiger partial charge is 0.507 e. The van der Waals surface area contributed by atoms with E-state index in [1.165, 1.54) is 0 Å². The smallest absolute Gasteiger partial charge is 0.321 e. The quantitative estimate of drug-likeness (QED) is 0.332. The van der Waals surface area contributed by atoms with Crippen LogP contribution in [0.1, 0.15) is 9.49 Å². The Morgan fingerprint density at radius 2 is 1.83 bits per heavy atom. The fourth-order valence-corrected chi connectivity index (χ4v) is 3.61. The van der Waals surface area contributed by atoms with E-state index >= 15 is 0 Å². The second-order valence-electron chi connectivity index (χ2n) is 4.67. The molecule has 122 valence electrons. The minimum absolute atomic E-state index is 0.207. The van der Waals surface area contributed by atoms with Crippen molar-refractivity contribution >= 4 is 73.7 Å². The van der Waals surface area contributed by atoms with Gasteiger partial charge < -0.3 is 20.7 Å². The van der Waals surface area contributed by atoms with Crippen LogP contribution in [-0.2, 0) is 4.79 Å². The minimum Gasteiger partial charge on any atom is -0.507 e. The summed E-state index contributed by atoms with van der Waals surface area (Å²) in [5, 5.41) is 18.5.